The molecule has 1 saturated carbocycles. The highest BCUT2D eigenvalue weighted by atomic mass is 79.9. The average Bonchev–Trinajstić information content (AvgIpc) is 3.32. The van der Waals surface area contributed by atoms with Crippen molar-refractivity contribution in [1.82, 2.24) is 4.90 Å². The van der Waals surface area contributed by atoms with Crippen LogP contribution in [0.4, 0.5) is 0 Å². The van der Waals surface area contributed by atoms with Gasteiger partial charge in [-0.15, -0.1) is 0 Å². The first-order valence-electron chi connectivity index (χ1n) is 9.42. The minimum atomic E-state index is -0.446. The molecular formula is C20H25BrN2O2. The molecule has 2 aliphatic heterocycles. The zero-order valence-electron chi connectivity index (χ0n) is 14.8. The number of unbranched alkanes of at least 4 members (excludes halogenated alkanes) is 1. The third-order valence-corrected chi connectivity index (χ3v) is 6.52. The number of carbonyl (C=O) groups excluding carboxylic acids is 1. The van der Waals surface area contributed by atoms with Crippen LogP contribution in [0.5, 0.6) is 0 Å². The van der Waals surface area contributed by atoms with Gasteiger partial charge in [-0.2, -0.15) is 0 Å². The Morgan fingerprint density at radius 3 is 2.76 bits per heavy atom. The van der Waals surface area contributed by atoms with E-state index in [0.29, 0.717) is 19.8 Å². The third-order valence-electron chi connectivity index (χ3n) is 5.77. The molecule has 1 aliphatic carbocycles. The number of aliphatic imine (C=N–C) groups is 1. The van der Waals surface area contributed by atoms with Crippen molar-refractivity contribution in [1.29, 1.82) is 0 Å². The van der Waals surface area contributed by atoms with Crippen molar-refractivity contribution < 1.29 is 9.53 Å². The molecule has 0 aromatic heterocycles. The Bertz CT molecular complexity index is 723. The number of benzene rings is 1. The van der Waals surface area contributed by atoms with Crippen LogP contribution in [0.1, 0.15) is 68.6 Å². The summed E-state index contributed by atoms with van der Waals surface area (Å²) in [6, 6.07) is 4.21. The summed E-state index contributed by atoms with van der Waals surface area (Å²) in [5.74, 6) is 1.23. The number of halogens is 1. The second kappa shape index (κ2) is 6.84. The molecule has 3 aliphatic rings. The van der Waals surface area contributed by atoms with E-state index in [2.05, 4.69) is 35.0 Å². The van der Waals surface area contributed by atoms with Gasteiger partial charge < -0.3 is 4.74 Å². The fourth-order valence-corrected chi connectivity index (χ4v) is 4.81. The highest BCUT2D eigenvalue weighted by Gasteiger charge is 2.49. The van der Waals surface area contributed by atoms with Gasteiger partial charge in [0.05, 0.1) is 19.8 Å². The number of ether oxygens (including phenoxy) is 1. The fraction of sp³-hybridized carbons (Fsp3) is 0.600. The highest BCUT2D eigenvalue weighted by Crippen LogP contribution is 2.40. The molecule has 0 bridgehead atoms. The lowest BCUT2D eigenvalue weighted by Gasteiger charge is -2.23. The van der Waals surface area contributed by atoms with Crippen LogP contribution in [0.3, 0.4) is 0 Å². The fourth-order valence-electron chi connectivity index (χ4n) is 4.32. The lowest BCUT2D eigenvalue weighted by Crippen LogP contribution is -2.40. The van der Waals surface area contributed by atoms with E-state index < -0.39 is 5.54 Å². The first-order chi connectivity index (χ1) is 12.1. The minimum absolute atomic E-state index is 0.228. The Morgan fingerprint density at radius 1 is 1.24 bits per heavy atom. The van der Waals surface area contributed by atoms with Crippen molar-refractivity contribution in [2.45, 2.75) is 77.2 Å². The predicted octanol–water partition coefficient (Wildman–Crippen LogP) is 4.72. The highest BCUT2D eigenvalue weighted by molar-refractivity contribution is 9.10. The van der Waals surface area contributed by atoms with E-state index in [-0.39, 0.29) is 5.91 Å². The lowest BCUT2D eigenvalue weighted by atomic mass is 9.97. The normalized spacial score (nSPS) is 21.3. The van der Waals surface area contributed by atoms with Gasteiger partial charge in [0.1, 0.15) is 11.4 Å². The van der Waals surface area contributed by atoms with Crippen molar-refractivity contribution in [2.75, 3.05) is 0 Å². The largest absolute Gasteiger partial charge is 0.372 e. The molecule has 2 heterocycles. The van der Waals surface area contributed by atoms with E-state index in [4.69, 9.17) is 9.73 Å². The molecule has 25 heavy (non-hydrogen) atoms. The molecule has 4 rings (SSSR count). The van der Waals surface area contributed by atoms with E-state index in [0.717, 1.165) is 55.3 Å². The summed E-state index contributed by atoms with van der Waals surface area (Å²) in [4.78, 5) is 20.2. The summed E-state index contributed by atoms with van der Waals surface area (Å²) in [5, 5.41) is 0. The van der Waals surface area contributed by atoms with Crippen LogP contribution in [-0.4, -0.2) is 22.2 Å². The van der Waals surface area contributed by atoms with Gasteiger partial charge in [-0.25, -0.2) is 0 Å². The van der Waals surface area contributed by atoms with E-state index in [1.54, 1.807) is 0 Å². The molecule has 0 unspecified atom stereocenters. The number of hydrogen-bond acceptors (Lipinski definition) is 3. The number of hydrogen-bond donors (Lipinski definition) is 0. The van der Waals surface area contributed by atoms with Gasteiger partial charge in [-0.05, 0) is 42.0 Å². The number of carbonyl (C=O) groups is 1. The van der Waals surface area contributed by atoms with Gasteiger partial charge in [-0.3, -0.25) is 14.7 Å². The van der Waals surface area contributed by atoms with E-state index in [9.17, 15) is 4.79 Å². The Hall–Kier alpha value is -1.20. The summed E-state index contributed by atoms with van der Waals surface area (Å²) in [6.07, 6.45) is 7.17. The monoisotopic (exact) mass is 404 g/mol. The number of fused-ring (bicyclic) bond motifs is 1. The molecule has 5 heteroatoms. The van der Waals surface area contributed by atoms with Crippen molar-refractivity contribution >= 4 is 27.7 Å². The molecule has 4 nitrogen and oxygen atoms in total. The number of amidine groups is 1. The quantitative estimate of drug-likeness (QED) is 0.711. The molecule has 134 valence electrons. The molecule has 0 radical (unpaired) electrons. The maximum Gasteiger partial charge on any atom is 0.256 e. The summed E-state index contributed by atoms with van der Waals surface area (Å²) in [7, 11) is 0. The molecule has 1 aromatic rings. The first kappa shape index (κ1) is 17.2. The zero-order chi connectivity index (χ0) is 17.4. The summed E-state index contributed by atoms with van der Waals surface area (Å²) in [5.41, 5.74) is 3.22. The second-order valence-electron chi connectivity index (χ2n) is 7.42. The maximum absolute atomic E-state index is 13.2. The lowest BCUT2D eigenvalue weighted by molar-refractivity contribution is -0.131. The maximum atomic E-state index is 13.2. The van der Waals surface area contributed by atoms with Crippen LogP contribution < -0.4 is 0 Å². The first-order valence-corrected chi connectivity index (χ1v) is 10.2. The van der Waals surface area contributed by atoms with Crippen LogP contribution in [-0.2, 0) is 29.3 Å². The molecular weight excluding hydrogens is 380 g/mol. The van der Waals surface area contributed by atoms with Crippen LogP contribution >= 0.6 is 15.9 Å². The molecule has 1 aromatic carbocycles. The van der Waals surface area contributed by atoms with E-state index >= 15 is 0 Å². The summed E-state index contributed by atoms with van der Waals surface area (Å²) in [6.45, 7) is 4.10. The Balaban J connectivity index is 1.64. The van der Waals surface area contributed by atoms with Gasteiger partial charge in [0, 0.05) is 10.9 Å². The minimum Gasteiger partial charge on any atom is -0.372 e. The molecule has 1 fully saturated rings. The average molecular weight is 405 g/mol. The van der Waals surface area contributed by atoms with Crippen molar-refractivity contribution in [3.63, 3.8) is 0 Å². The Labute approximate surface area is 157 Å². The third kappa shape index (κ3) is 2.95. The molecule has 0 atom stereocenters. The topological polar surface area (TPSA) is 41.9 Å². The van der Waals surface area contributed by atoms with E-state index in [1.165, 1.54) is 16.7 Å². The van der Waals surface area contributed by atoms with Gasteiger partial charge in [0.2, 0.25) is 0 Å². The standard InChI is InChI=1S/C20H25BrN2O2/c1-2-3-6-18-22-20(9-4-5-10-20)19(24)23(18)11-14-7-8-17(21)16-13-25-12-15(14)16/h7-8H,2-6,9-13H2,1H3. The smallest absolute Gasteiger partial charge is 0.256 e. The SMILES string of the molecule is CCCCC1=NC2(CCCC2)C(=O)N1Cc1ccc(Br)c2c1COC2. The summed E-state index contributed by atoms with van der Waals surface area (Å²) >= 11 is 3.62. The molecule has 0 N–H and O–H groups in total. The number of amides is 1. The Morgan fingerprint density at radius 2 is 2.00 bits per heavy atom. The molecule has 1 amide bonds. The second-order valence-corrected chi connectivity index (χ2v) is 8.27. The van der Waals surface area contributed by atoms with Crippen molar-refractivity contribution in [3.05, 3.63) is 33.3 Å². The van der Waals surface area contributed by atoms with Crippen molar-refractivity contribution in [2.24, 2.45) is 4.99 Å². The number of rotatable bonds is 5. The number of nitrogens with zero attached hydrogens (tertiary/aromatic N) is 2. The predicted molar refractivity (Wildman–Crippen MR) is 101 cm³/mol. The van der Waals surface area contributed by atoms with Crippen LogP contribution in [0, 0.1) is 0 Å². The summed E-state index contributed by atoms with van der Waals surface area (Å²) < 4.78 is 6.75. The van der Waals surface area contributed by atoms with Crippen molar-refractivity contribution in [3.8, 4) is 0 Å². The molecule has 0 saturated heterocycles. The van der Waals surface area contributed by atoms with Crippen LogP contribution in [0.2, 0.25) is 0 Å². The van der Waals surface area contributed by atoms with Gasteiger partial charge >= 0.3 is 0 Å². The molecule has 1 spiro atoms. The van der Waals surface area contributed by atoms with Crippen LogP contribution in [0.15, 0.2) is 21.6 Å². The Kier molecular flexibility index (Phi) is 4.71. The van der Waals surface area contributed by atoms with Gasteiger partial charge in [-0.1, -0.05) is 48.2 Å². The van der Waals surface area contributed by atoms with Crippen LogP contribution in [0.25, 0.3) is 0 Å². The van der Waals surface area contributed by atoms with E-state index in [1.807, 2.05) is 4.90 Å². The van der Waals surface area contributed by atoms with Gasteiger partial charge in [0.15, 0.2) is 0 Å². The van der Waals surface area contributed by atoms with Gasteiger partial charge in [0.25, 0.3) is 5.91 Å². The zero-order valence-corrected chi connectivity index (χ0v) is 16.4.